The molecule has 0 aliphatic rings. The minimum Gasteiger partial charge on any atom is -0.406 e. The number of rotatable bonds is 5. The van der Waals surface area contributed by atoms with Crippen LogP contribution in [-0.4, -0.2) is 30.3 Å². The number of anilines is 1. The average Bonchev–Trinajstić information content (AvgIpc) is 2.28. The summed E-state index contributed by atoms with van der Waals surface area (Å²) in [5.74, 6) is -0.432. The highest BCUT2D eigenvalue weighted by Crippen LogP contribution is 2.25. The molecule has 0 amide bonds. The molecule has 0 saturated carbocycles. The van der Waals surface area contributed by atoms with E-state index < -0.39 is 30.8 Å². The molecule has 0 saturated heterocycles. The summed E-state index contributed by atoms with van der Waals surface area (Å²) in [5.41, 5.74) is 0.314. The summed E-state index contributed by atoms with van der Waals surface area (Å²) in [6, 6.07) is 4.49. The summed E-state index contributed by atoms with van der Waals surface area (Å²) in [6.45, 7) is -0.180. The Hall–Kier alpha value is -1.64. The quantitative estimate of drug-likeness (QED) is 0.820. The highest BCUT2D eigenvalue weighted by molar-refractivity contribution is 5.46. The van der Waals surface area contributed by atoms with Gasteiger partial charge in [-0.2, -0.15) is 13.2 Å². The molecule has 114 valence electrons. The zero-order valence-corrected chi connectivity index (χ0v) is 9.92. The predicted molar refractivity (Wildman–Crippen MR) is 58.3 cm³/mol. The van der Waals surface area contributed by atoms with Crippen molar-refractivity contribution in [2.24, 2.45) is 0 Å². The minimum atomic E-state index is -4.80. The highest BCUT2D eigenvalue weighted by atomic mass is 19.4. The van der Waals surface area contributed by atoms with Crippen molar-refractivity contribution in [3.63, 3.8) is 0 Å². The standard InChI is InChI=1S/C11H11F6NO2/c12-10(13,14)9(19)5-6-18-7-1-3-8(4-2-7)20-11(15,16)17/h1-4,9,18-19H,5-6H2/t9-/m0/s1. The van der Waals surface area contributed by atoms with Crippen LogP contribution in [-0.2, 0) is 0 Å². The Morgan fingerprint density at radius 1 is 1.05 bits per heavy atom. The van der Waals surface area contributed by atoms with Crippen molar-refractivity contribution in [3.05, 3.63) is 24.3 Å². The molecule has 0 unspecified atom stereocenters. The molecule has 0 aromatic heterocycles. The van der Waals surface area contributed by atoms with Crippen LogP contribution in [0.15, 0.2) is 24.3 Å². The minimum absolute atomic E-state index is 0.180. The summed E-state index contributed by atoms with van der Waals surface area (Å²) in [7, 11) is 0. The number of benzene rings is 1. The van der Waals surface area contributed by atoms with Gasteiger partial charge in [-0.25, -0.2) is 0 Å². The van der Waals surface area contributed by atoms with Crippen molar-refractivity contribution < 1.29 is 36.2 Å². The van der Waals surface area contributed by atoms with Crippen molar-refractivity contribution in [2.45, 2.75) is 25.1 Å². The first kappa shape index (κ1) is 16.4. The Balaban J connectivity index is 2.43. The van der Waals surface area contributed by atoms with Crippen LogP contribution in [0.4, 0.5) is 32.0 Å². The Morgan fingerprint density at radius 2 is 1.60 bits per heavy atom. The molecule has 0 aliphatic heterocycles. The number of hydrogen-bond acceptors (Lipinski definition) is 3. The van der Waals surface area contributed by atoms with Crippen molar-refractivity contribution in [2.75, 3.05) is 11.9 Å². The number of alkyl halides is 6. The van der Waals surface area contributed by atoms with Crippen molar-refractivity contribution in [1.82, 2.24) is 0 Å². The second-order valence-electron chi connectivity index (χ2n) is 3.85. The number of hydrogen-bond donors (Lipinski definition) is 2. The fourth-order valence-corrected chi connectivity index (χ4v) is 1.29. The lowest BCUT2D eigenvalue weighted by atomic mass is 10.2. The molecule has 9 heteroatoms. The normalized spacial score (nSPS) is 13.9. The van der Waals surface area contributed by atoms with Gasteiger partial charge in [-0.3, -0.25) is 0 Å². The van der Waals surface area contributed by atoms with E-state index in [1.165, 1.54) is 12.1 Å². The third-order valence-corrected chi connectivity index (χ3v) is 2.21. The van der Waals surface area contributed by atoms with Gasteiger partial charge in [-0.15, -0.1) is 13.2 Å². The van der Waals surface area contributed by atoms with Crippen LogP contribution >= 0.6 is 0 Å². The fraction of sp³-hybridized carbons (Fsp3) is 0.455. The lowest BCUT2D eigenvalue weighted by Crippen LogP contribution is -2.30. The molecule has 0 spiro atoms. The molecular formula is C11H11F6NO2. The molecule has 0 bridgehead atoms. The van der Waals surface area contributed by atoms with E-state index in [0.29, 0.717) is 5.69 Å². The Labute approximate surface area is 110 Å². The molecule has 0 radical (unpaired) electrons. The van der Waals surface area contributed by atoms with Crippen LogP contribution in [0.1, 0.15) is 6.42 Å². The van der Waals surface area contributed by atoms with Gasteiger partial charge in [0, 0.05) is 12.2 Å². The largest absolute Gasteiger partial charge is 0.573 e. The Kier molecular flexibility index (Phi) is 5.09. The summed E-state index contributed by atoms with van der Waals surface area (Å²) in [4.78, 5) is 0. The summed E-state index contributed by atoms with van der Waals surface area (Å²) >= 11 is 0. The zero-order chi connectivity index (χ0) is 15.4. The van der Waals surface area contributed by atoms with Crippen LogP contribution in [0.25, 0.3) is 0 Å². The SMILES string of the molecule is O[C@@H](CCNc1ccc(OC(F)(F)F)cc1)C(F)(F)F. The fourth-order valence-electron chi connectivity index (χ4n) is 1.29. The number of halogens is 6. The first-order valence-electron chi connectivity index (χ1n) is 5.42. The van der Waals surface area contributed by atoms with Gasteiger partial charge >= 0.3 is 12.5 Å². The van der Waals surface area contributed by atoms with Gasteiger partial charge in [-0.05, 0) is 30.7 Å². The van der Waals surface area contributed by atoms with E-state index in [1.54, 1.807) is 0 Å². The second-order valence-corrected chi connectivity index (χ2v) is 3.85. The molecule has 20 heavy (non-hydrogen) atoms. The molecule has 1 rings (SSSR count). The molecule has 0 heterocycles. The van der Waals surface area contributed by atoms with E-state index in [0.717, 1.165) is 12.1 Å². The Morgan fingerprint density at radius 3 is 2.05 bits per heavy atom. The van der Waals surface area contributed by atoms with E-state index in [1.807, 2.05) is 0 Å². The van der Waals surface area contributed by atoms with Gasteiger partial charge in [0.2, 0.25) is 0 Å². The number of ether oxygens (including phenoxy) is 1. The molecule has 0 fully saturated rings. The van der Waals surface area contributed by atoms with Crippen LogP contribution in [0.2, 0.25) is 0 Å². The highest BCUT2D eigenvalue weighted by Gasteiger charge is 2.37. The van der Waals surface area contributed by atoms with E-state index in [-0.39, 0.29) is 6.54 Å². The molecule has 2 N–H and O–H groups in total. The van der Waals surface area contributed by atoms with Crippen molar-refractivity contribution in [3.8, 4) is 5.75 Å². The van der Waals surface area contributed by atoms with Gasteiger partial charge in [-0.1, -0.05) is 0 Å². The van der Waals surface area contributed by atoms with E-state index in [4.69, 9.17) is 5.11 Å². The van der Waals surface area contributed by atoms with Gasteiger partial charge < -0.3 is 15.2 Å². The van der Waals surface area contributed by atoms with E-state index >= 15 is 0 Å². The average molecular weight is 303 g/mol. The topological polar surface area (TPSA) is 41.5 Å². The van der Waals surface area contributed by atoms with Gasteiger partial charge in [0.1, 0.15) is 5.75 Å². The predicted octanol–water partition coefficient (Wildman–Crippen LogP) is 3.31. The molecule has 1 atom stereocenters. The second kappa shape index (κ2) is 6.21. The Bertz CT molecular complexity index is 414. The monoisotopic (exact) mass is 303 g/mol. The first-order valence-corrected chi connectivity index (χ1v) is 5.42. The van der Waals surface area contributed by atoms with Crippen molar-refractivity contribution >= 4 is 5.69 Å². The molecule has 1 aromatic carbocycles. The number of aliphatic hydroxyl groups excluding tert-OH is 1. The first-order chi connectivity index (χ1) is 9.08. The maximum atomic E-state index is 12.0. The van der Waals surface area contributed by atoms with E-state index in [2.05, 4.69) is 10.1 Å². The van der Waals surface area contributed by atoms with Gasteiger partial charge in [0.15, 0.2) is 6.10 Å². The maximum absolute atomic E-state index is 12.0. The number of nitrogens with one attached hydrogen (secondary N) is 1. The third kappa shape index (κ3) is 6.00. The van der Waals surface area contributed by atoms with Gasteiger partial charge in [0.05, 0.1) is 0 Å². The third-order valence-electron chi connectivity index (χ3n) is 2.21. The zero-order valence-electron chi connectivity index (χ0n) is 9.92. The van der Waals surface area contributed by atoms with Crippen molar-refractivity contribution in [1.29, 1.82) is 0 Å². The number of aliphatic hydroxyl groups is 1. The van der Waals surface area contributed by atoms with Crippen LogP contribution in [0, 0.1) is 0 Å². The van der Waals surface area contributed by atoms with Crippen LogP contribution in [0.5, 0.6) is 5.75 Å². The lowest BCUT2D eigenvalue weighted by Gasteiger charge is -2.15. The smallest absolute Gasteiger partial charge is 0.406 e. The molecular weight excluding hydrogens is 292 g/mol. The van der Waals surface area contributed by atoms with Crippen LogP contribution < -0.4 is 10.1 Å². The van der Waals surface area contributed by atoms with E-state index in [9.17, 15) is 26.3 Å². The summed E-state index contributed by atoms with van der Waals surface area (Å²) in [5, 5.41) is 11.3. The lowest BCUT2D eigenvalue weighted by molar-refractivity contribution is -0.274. The van der Waals surface area contributed by atoms with Gasteiger partial charge in [0.25, 0.3) is 0 Å². The molecule has 1 aromatic rings. The van der Waals surface area contributed by atoms with Crippen LogP contribution in [0.3, 0.4) is 0 Å². The molecule has 3 nitrogen and oxygen atoms in total. The molecule has 0 aliphatic carbocycles. The maximum Gasteiger partial charge on any atom is 0.573 e. The summed E-state index contributed by atoms with van der Waals surface area (Å²) in [6.07, 6.45) is -12.5. The summed E-state index contributed by atoms with van der Waals surface area (Å²) < 4.78 is 75.2.